The summed E-state index contributed by atoms with van der Waals surface area (Å²) >= 11 is 3.05. The van der Waals surface area contributed by atoms with Crippen LogP contribution < -0.4 is 0 Å². The van der Waals surface area contributed by atoms with E-state index in [1.807, 2.05) is 37.3 Å². The van der Waals surface area contributed by atoms with Gasteiger partial charge in [0.2, 0.25) is 0 Å². The molecule has 21 heavy (non-hydrogen) atoms. The summed E-state index contributed by atoms with van der Waals surface area (Å²) in [4.78, 5) is 0. The highest BCUT2D eigenvalue weighted by Gasteiger charge is 2.29. The molecule has 112 valence electrons. The highest BCUT2D eigenvalue weighted by molar-refractivity contribution is 9.10. The van der Waals surface area contributed by atoms with Gasteiger partial charge in [-0.2, -0.15) is 0 Å². The number of hydrogen-bond donors (Lipinski definition) is 1. The van der Waals surface area contributed by atoms with Crippen molar-refractivity contribution in [3.8, 4) is 0 Å². The monoisotopic (exact) mass is 354 g/mol. The van der Waals surface area contributed by atoms with Crippen LogP contribution in [0.1, 0.15) is 24.5 Å². The molecule has 0 saturated carbocycles. The summed E-state index contributed by atoms with van der Waals surface area (Å²) in [7, 11) is 0. The van der Waals surface area contributed by atoms with Crippen LogP contribution in [-0.4, -0.2) is 10.7 Å². The summed E-state index contributed by atoms with van der Waals surface area (Å²) in [6.07, 6.45) is 0.707. The topological polar surface area (TPSA) is 20.2 Å². The maximum atomic E-state index is 14.1. The van der Waals surface area contributed by atoms with E-state index < -0.39 is 17.2 Å². The number of hydrogen-bond acceptors (Lipinski definition) is 1. The SMILES string of the molecule is CCC(O)(Cc1ccccc1)Cc1c(F)ccc(Br)c1F. The van der Waals surface area contributed by atoms with E-state index >= 15 is 0 Å². The second-order valence-electron chi connectivity index (χ2n) is 5.24. The van der Waals surface area contributed by atoms with Gasteiger partial charge in [-0.05, 0) is 40.0 Å². The van der Waals surface area contributed by atoms with Gasteiger partial charge in [-0.3, -0.25) is 0 Å². The van der Waals surface area contributed by atoms with Crippen molar-refractivity contribution in [2.45, 2.75) is 31.8 Å². The predicted molar refractivity (Wildman–Crippen MR) is 83.1 cm³/mol. The molecule has 1 nitrogen and oxygen atoms in total. The lowest BCUT2D eigenvalue weighted by molar-refractivity contribution is 0.0351. The van der Waals surface area contributed by atoms with Crippen molar-refractivity contribution in [2.75, 3.05) is 0 Å². The molecular weight excluding hydrogens is 338 g/mol. The molecule has 0 spiro atoms. The van der Waals surface area contributed by atoms with Crippen LogP contribution in [0.25, 0.3) is 0 Å². The molecule has 2 aromatic carbocycles. The zero-order chi connectivity index (χ0) is 15.5. The Hall–Kier alpha value is -1.26. The van der Waals surface area contributed by atoms with Crippen molar-refractivity contribution in [1.29, 1.82) is 0 Å². The second kappa shape index (κ2) is 6.67. The zero-order valence-electron chi connectivity index (χ0n) is 11.7. The molecule has 0 saturated heterocycles. The molecule has 1 N–H and O–H groups in total. The second-order valence-corrected chi connectivity index (χ2v) is 6.09. The molecule has 0 radical (unpaired) electrons. The summed E-state index contributed by atoms with van der Waals surface area (Å²) < 4.78 is 28.1. The smallest absolute Gasteiger partial charge is 0.143 e. The summed E-state index contributed by atoms with van der Waals surface area (Å²) in [5, 5.41) is 10.7. The maximum absolute atomic E-state index is 14.1. The Morgan fingerprint density at radius 1 is 1.05 bits per heavy atom. The molecule has 0 aromatic heterocycles. The average Bonchev–Trinajstić information content (AvgIpc) is 2.49. The summed E-state index contributed by atoms with van der Waals surface area (Å²) in [6.45, 7) is 1.82. The predicted octanol–water partition coefficient (Wildman–Crippen LogP) is 4.65. The molecular formula is C17H17BrF2O. The number of halogens is 3. The van der Waals surface area contributed by atoms with Crippen LogP contribution in [0.4, 0.5) is 8.78 Å². The van der Waals surface area contributed by atoms with Gasteiger partial charge in [-0.1, -0.05) is 37.3 Å². The van der Waals surface area contributed by atoms with Gasteiger partial charge in [0, 0.05) is 18.4 Å². The first-order valence-electron chi connectivity index (χ1n) is 6.84. The molecule has 4 heteroatoms. The number of rotatable bonds is 5. The fourth-order valence-electron chi connectivity index (χ4n) is 2.35. The first kappa shape index (κ1) is 16.1. The van der Waals surface area contributed by atoms with Crippen molar-refractivity contribution in [3.63, 3.8) is 0 Å². The molecule has 0 aliphatic carbocycles. The van der Waals surface area contributed by atoms with E-state index in [0.29, 0.717) is 12.8 Å². The highest BCUT2D eigenvalue weighted by Crippen LogP contribution is 2.28. The normalized spacial score (nSPS) is 14.0. The van der Waals surface area contributed by atoms with E-state index in [9.17, 15) is 13.9 Å². The molecule has 0 aliphatic heterocycles. The van der Waals surface area contributed by atoms with Crippen molar-refractivity contribution in [2.24, 2.45) is 0 Å². The molecule has 1 atom stereocenters. The zero-order valence-corrected chi connectivity index (χ0v) is 13.3. The van der Waals surface area contributed by atoms with E-state index in [-0.39, 0.29) is 16.5 Å². The van der Waals surface area contributed by atoms with Crippen molar-refractivity contribution >= 4 is 15.9 Å². The van der Waals surface area contributed by atoms with Crippen LogP contribution in [0.2, 0.25) is 0 Å². The minimum absolute atomic E-state index is 0.0600. The molecule has 2 rings (SSSR count). The van der Waals surface area contributed by atoms with Crippen LogP contribution in [0.15, 0.2) is 46.9 Å². The first-order valence-corrected chi connectivity index (χ1v) is 7.63. The van der Waals surface area contributed by atoms with Crippen molar-refractivity contribution in [3.05, 3.63) is 69.7 Å². The van der Waals surface area contributed by atoms with Crippen molar-refractivity contribution in [1.82, 2.24) is 0 Å². The summed E-state index contributed by atoms with van der Waals surface area (Å²) in [6, 6.07) is 12.0. The van der Waals surface area contributed by atoms with Gasteiger partial charge in [-0.15, -0.1) is 0 Å². The lowest BCUT2D eigenvalue weighted by Gasteiger charge is -2.27. The average molecular weight is 355 g/mol. The Morgan fingerprint density at radius 3 is 2.33 bits per heavy atom. The van der Waals surface area contributed by atoms with Gasteiger partial charge in [0.05, 0.1) is 10.1 Å². The van der Waals surface area contributed by atoms with E-state index in [1.54, 1.807) is 0 Å². The Labute approximate surface area is 131 Å². The molecule has 0 aliphatic rings. The van der Waals surface area contributed by atoms with Gasteiger partial charge in [0.25, 0.3) is 0 Å². The van der Waals surface area contributed by atoms with Crippen LogP contribution in [0.5, 0.6) is 0 Å². The third-order valence-electron chi connectivity index (χ3n) is 3.68. The van der Waals surface area contributed by atoms with Gasteiger partial charge in [-0.25, -0.2) is 8.78 Å². The molecule has 0 fully saturated rings. The van der Waals surface area contributed by atoms with Gasteiger partial charge in [0.15, 0.2) is 0 Å². The Bertz CT molecular complexity index is 616. The third-order valence-corrected chi connectivity index (χ3v) is 4.29. The largest absolute Gasteiger partial charge is 0.389 e. The van der Waals surface area contributed by atoms with Crippen LogP contribution in [0.3, 0.4) is 0 Å². The maximum Gasteiger partial charge on any atom is 0.143 e. The standard InChI is InChI=1S/C17H17BrF2O/c1-2-17(21,10-12-6-4-3-5-7-12)11-13-15(19)9-8-14(18)16(13)20/h3-9,21H,2,10-11H2,1H3. The minimum Gasteiger partial charge on any atom is -0.389 e. The van der Waals surface area contributed by atoms with Gasteiger partial charge < -0.3 is 5.11 Å². The van der Waals surface area contributed by atoms with Crippen LogP contribution in [0, 0.1) is 11.6 Å². The third kappa shape index (κ3) is 3.89. The molecule has 0 heterocycles. The number of benzene rings is 2. The highest BCUT2D eigenvalue weighted by atomic mass is 79.9. The molecule has 2 aromatic rings. The lowest BCUT2D eigenvalue weighted by atomic mass is 9.85. The van der Waals surface area contributed by atoms with Crippen molar-refractivity contribution < 1.29 is 13.9 Å². The van der Waals surface area contributed by atoms with E-state index in [2.05, 4.69) is 15.9 Å². The Kier molecular flexibility index (Phi) is 5.12. The Balaban J connectivity index is 2.28. The fraction of sp³-hybridized carbons (Fsp3) is 0.294. The lowest BCUT2D eigenvalue weighted by Crippen LogP contribution is -2.34. The summed E-state index contributed by atoms with van der Waals surface area (Å²) in [5.74, 6) is -1.27. The van der Waals surface area contributed by atoms with Crippen LogP contribution >= 0.6 is 15.9 Å². The van der Waals surface area contributed by atoms with E-state index in [0.717, 1.165) is 5.56 Å². The molecule has 1 unspecified atom stereocenters. The van der Waals surface area contributed by atoms with E-state index in [1.165, 1.54) is 12.1 Å². The molecule has 0 bridgehead atoms. The minimum atomic E-state index is -1.18. The first-order chi connectivity index (χ1) is 9.95. The molecule has 0 amide bonds. The van der Waals surface area contributed by atoms with Gasteiger partial charge in [0.1, 0.15) is 11.6 Å². The number of aliphatic hydroxyl groups is 1. The van der Waals surface area contributed by atoms with Gasteiger partial charge >= 0.3 is 0 Å². The quantitative estimate of drug-likeness (QED) is 0.774. The van der Waals surface area contributed by atoms with Crippen LogP contribution in [-0.2, 0) is 12.8 Å². The fourth-order valence-corrected chi connectivity index (χ4v) is 2.72. The van der Waals surface area contributed by atoms with E-state index in [4.69, 9.17) is 0 Å². The Morgan fingerprint density at radius 2 is 1.71 bits per heavy atom. The summed E-state index contributed by atoms with van der Waals surface area (Å²) in [5.41, 5.74) is -0.314.